The third-order valence-corrected chi connectivity index (χ3v) is 4.94. The van der Waals surface area contributed by atoms with Gasteiger partial charge in [0.1, 0.15) is 11.6 Å². The molecule has 6 nitrogen and oxygen atoms in total. The van der Waals surface area contributed by atoms with Crippen LogP contribution in [0.3, 0.4) is 0 Å². The number of methoxy groups -OCH3 is 1. The van der Waals surface area contributed by atoms with Gasteiger partial charge in [0.2, 0.25) is 5.91 Å². The van der Waals surface area contributed by atoms with Crippen LogP contribution < -0.4 is 10.1 Å². The third kappa shape index (κ3) is 4.65. The number of ether oxygens (including phenoxy) is 1. The maximum absolute atomic E-state index is 12.9. The molecule has 0 fully saturated rings. The summed E-state index contributed by atoms with van der Waals surface area (Å²) in [5.41, 5.74) is 1.68. The minimum Gasteiger partial charge on any atom is -0.496 e. The van der Waals surface area contributed by atoms with Crippen molar-refractivity contribution in [3.05, 3.63) is 59.9 Å². The maximum atomic E-state index is 12.9. The number of carbonyl (C=O) groups excluding carboxylic acids is 1. The fraction of sp³-hybridized carbons (Fsp3) is 0.211. The average molecular weight is 386 g/mol. The van der Waals surface area contributed by atoms with E-state index in [9.17, 15) is 9.18 Å². The molecular weight excluding hydrogens is 367 g/mol. The molecule has 1 amide bonds. The Morgan fingerprint density at radius 1 is 1.19 bits per heavy atom. The van der Waals surface area contributed by atoms with E-state index >= 15 is 0 Å². The van der Waals surface area contributed by atoms with Crippen LogP contribution in [0.15, 0.2) is 53.7 Å². The van der Waals surface area contributed by atoms with Gasteiger partial charge in [0.05, 0.1) is 18.4 Å². The second-order valence-corrected chi connectivity index (χ2v) is 6.70. The molecule has 0 aliphatic rings. The molecular formula is C19H19FN4O2S. The van der Waals surface area contributed by atoms with Gasteiger partial charge in [-0.2, -0.15) is 0 Å². The van der Waals surface area contributed by atoms with Gasteiger partial charge >= 0.3 is 0 Å². The number of nitrogens with one attached hydrogen (secondary N) is 1. The van der Waals surface area contributed by atoms with Crippen molar-refractivity contribution in [1.82, 2.24) is 20.1 Å². The lowest BCUT2D eigenvalue weighted by Gasteiger charge is -2.08. The Morgan fingerprint density at radius 2 is 1.93 bits per heavy atom. The minimum atomic E-state index is -0.297. The molecule has 1 N–H and O–H groups in total. The van der Waals surface area contributed by atoms with Crippen molar-refractivity contribution >= 4 is 17.7 Å². The molecule has 0 atom stereocenters. The monoisotopic (exact) mass is 386 g/mol. The lowest BCUT2D eigenvalue weighted by Crippen LogP contribution is -2.24. The number of halogens is 1. The number of hydrogen-bond donors (Lipinski definition) is 1. The first-order chi connectivity index (χ1) is 13.1. The Bertz CT molecular complexity index is 928. The summed E-state index contributed by atoms with van der Waals surface area (Å²) < 4.78 is 20.1. The Labute approximate surface area is 160 Å². The molecule has 27 heavy (non-hydrogen) atoms. The molecule has 1 heterocycles. The van der Waals surface area contributed by atoms with Crippen molar-refractivity contribution in [1.29, 1.82) is 0 Å². The van der Waals surface area contributed by atoms with E-state index in [2.05, 4.69) is 15.5 Å². The summed E-state index contributed by atoms with van der Waals surface area (Å²) >= 11 is 1.30. The van der Waals surface area contributed by atoms with Crippen LogP contribution in [0.1, 0.15) is 5.56 Å². The molecule has 140 valence electrons. The molecule has 0 aliphatic carbocycles. The summed E-state index contributed by atoms with van der Waals surface area (Å²) in [6.45, 7) is 0.352. The van der Waals surface area contributed by atoms with E-state index in [1.165, 1.54) is 23.9 Å². The number of nitrogens with zero attached hydrogens (tertiary/aromatic N) is 3. The Hall–Kier alpha value is -2.87. The second-order valence-electron chi connectivity index (χ2n) is 5.76. The minimum absolute atomic E-state index is 0.133. The summed E-state index contributed by atoms with van der Waals surface area (Å²) in [6, 6.07) is 13.6. The third-order valence-electron chi connectivity index (χ3n) is 3.92. The zero-order chi connectivity index (χ0) is 19.2. The van der Waals surface area contributed by atoms with Crippen LogP contribution in [-0.4, -0.2) is 33.5 Å². The lowest BCUT2D eigenvalue weighted by molar-refractivity contribution is -0.118. The van der Waals surface area contributed by atoms with E-state index in [1.807, 2.05) is 35.9 Å². The quantitative estimate of drug-likeness (QED) is 0.632. The van der Waals surface area contributed by atoms with Gasteiger partial charge in [-0.3, -0.25) is 4.79 Å². The zero-order valence-corrected chi connectivity index (χ0v) is 15.8. The lowest BCUT2D eigenvalue weighted by atomic mass is 10.2. The van der Waals surface area contributed by atoms with Crippen LogP contribution in [0.25, 0.3) is 11.4 Å². The summed E-state index contributed by atoms with van der Waals surface area (Å²) in [4.78, 5) is 12.1. The predicted octanol–water partition coefficient (Wildman–Crippen LogP) is 3.04. The number of benzene rings is 2. The fourth-order valence-corrected chi connectivity index (χ4v) is 3.23. The number of amides is 1. The second kappa shape index (κ2) is 8.68. The number of thioether (sulfide) groups is 1. The molecule has 0 bridgehead atoms. The highest BCUT2D eigenvalue weighted by Gasteiger charge is 2.15. The van der Waals surface area contributed by atoms with Gasteiger partial charge in [-0.05, 0) is 29.8 Å². The van der Waals surface area contributed by atoms with Crippen molar-refractivity contribution in [3.8, 4) is 17.1 Å². The molecule has 0 saturated carbocycles. The van der Waals surface area contributed by atoms with Gasteiger partial charge in [-0.15, -0.1) is 10.2 Å². The van der Waals surface area contributed by atoms with Crippen molar-refractivity contribution in [3.63, 3.8) is 0 Å². The van der Waals surface area contributed by atoms with Crippen molar-refractivity contribution in [2.75, 3.05) is 12.9 Å². The number of rotatable bonds is 7. The van der Waals surface area contributed by atoms with Gasteiger partial charge in [0, 0.05) is 13.6 Å². The normalized spacial score (nSPS) is 10.6. The van der Waals surface area contributed by atoms with E-state index in [0.29, 0.717) is 23.3 Å². The Balaban J connectivity index is 1.59. The molecule has 2 aromatic carbocycles. The van der Waals surface area contributed by atoms with Crippen LogP contribution in [0.4, 0.5) is 4.39 Å². The van der Waals surface area contributed by atoms with Crippen LogP contribution in [0.5, 0.6) is 5.75 Å². The molecule has 8 heteroatoms. The van der Waals surface area contributed by atoms with E-state index in [-0.39, 0.29) is 17.5 Å². The van der Waals surface area contributed by atoms with Gasteiger partial charge < -0.3 is 14.6 Å². The summed E-state index contributed by atoms with van der Waals surface area (Å²) in [6.07, 6.45) is 0. The predicted molar refractivity (Wildman–Crippen MR) is 102 cm³/mol. The topological polar surface area (TPSA) is 69.0 Å². The van der Waals surface area contributed by atoms with Crippen LogP contribution in [-0.2, 0) is 18.4 Å². The van der Waals surface area contributed by atoms with Gasteiger partial charge in [0.15, 0.2) is 11.0 Å². The SMILES string of the molecule is COc1ccccc1-c1nnc(SCC(=O)NCc2ccc(F)cc2)n1C. The Morgan fingerprint density at radius 3 is 2.67 bits per heavy atom. The van der Waals surface area contributed by atoms with E-state index in [0.717, 1.165) is 11.1 Å². The molecule has 3 aromatic rings. The van der Waals surface area contributed by atoms with Crippen LogP contribution >= 0.6 is 11.8 Å². The van der Waals surface area contributed by atoms with Crippen LogP contribution in [0, 0.1) is 5.82 Å². The van der Waals surface area contributed by atoms with Crippen molar-refractivity contribution in [2.45, 2.75) is 11.7 Å². The maximum Gasteiger partial charge on any atom is 0.230 e. The highest BCUT2D eigenvalue weighted by atomic mass is 32.2. The zero-order valence-electron chi connectivity index (χ0n) is 15.0. The van der Waals surface area contributed by atoms with Crippen molar-refractivity contribution in [2.24, 2.45) is 7.05 Å². The molecule has 1 aromatic heterocycles. The molecule has 0 unspecified atom stereocenters. The fourth-order valence-electron chi connectivity index (χ4n) is 2.49. The number of para-hydroxylation sites is 1. The highest BCUT2D eigenvalue weighted by molar-refractivity contribution is 7.99. The number of aromatic nitrogens is 3. The van der Waals surface area contributed by atoms with Gasteiger partial charge in [-0.1, -0.05) is 36.0 Å². The summed E-state index contributed by atoms with van der Waals surface area (Å²) in [5.74, 6) is 1.15. The number of hydrogen-bond acceptors (Lipinski definition) is 5. The first-order valence-electron chi connectivity index (χ1n) is 8.25. The number of carbonyl (C=O) groups is 1. The van der Waals surface area contributed by atoms with E-state index in [4.69, 9.17) is 4.74 Å². The summed E-state index contributed by atoms with van der Waals surface area (Å²) in [7, 11) is 3.46. The first-order valence-corrected chi connectivity index (χ1v) is 9.23. The smallest absolute Gasteiger partial charge is 0.230 e. The van der Waals surface area contributed by atoms with Gasteiger partial charge in [-0.25, -0.2) is 4.39 Å². The summed E-state index contributed by atoms with van der Waals surface area (Å²) in [5, 5.41) is 11.8. The van der Waals surface area contributed by atoms with E-state index < -0.39 is 0 Å². The molecule has 3 rings (SSSR count). The van der Waals surface area contributed by atoms with Gasteiger partial charge in [0.25, 0.3) is 0 Å². The molecule has 0 spiro atoms. The molecule has 0 saturated heterocycles. The largest absolute Gasteiger partial charge is 0.496 e. The standard InChI is InChI=1S/C19H19FN4O2S/c1-24-18(15-5-3-4-6-16(15)26-2)22-23-19(24)27-12-17(25)21-11-13-7-9-14(20)10-8-13/h3-10H,11-12H2,1-2H3,(H,21,25). The molecule has 0 radical (unpaired) electrons. The molecule has 0 aliphatic heterocycles. The first kappa shape index (κ1) is 18.9. The highest BCUT2D eigenvalue weighted by Crippen LogP contribution is 2.29. The van der Waals surface area contributed by atoms with E-state index in [1.54, 1.807) is 19.2 Å². The van der Waals surface area contributed by atoms with Crippen LogP contribution in [0.2, 0.25) is 0 Å². The van der Waals surface area contributed by atoms with Crippen molar-refractivity contribution < 1.29 is 13.9 Å². The Kier molecular flexibility index (Phi) is 6.08. The average Bonchev–Trinajstić information content (AvgIpc) is 3.06.